The van der Waals surface area contributed by atoms with E-state index in [1.165, 1.54) is 23.1 Å². The predicted molar refractivity (Wildman–Crippen MR) is 97.6 cm³/mol. The lowest BCUT2D eigenvalue weighted by Crippen LogP contribution is -2.32. The normalized spacial score (nSPS) is 11.6. The largest absolute Gasteiger partial charge is 0.463 e. The van der Waals surface area contributed by atoms with E-state index in [0.717, 1.165) is 0 Å². The monoisotopic (exact) mass is 393 g/mol. The quantitative estimate of drug-likeness (QED) is 0.694. The number of halogens is 1. The van der Waals surface area contributed by atoms with Crippen LogP contribution in [0.5, 0.6) is 0 Å². The van der Waals surface area contributed by atoms with Crippen LogP contribution in [0.25, 0.3) is 11.5 Å². The first-order chi connectivity index (χ1) is 12.4. The van der Waals surface area contributed by atoms with Crippen molar-refractivity contribution in [1.29, 1.82) is 0 Å². The lowest BCUT2D eigenvalue weighted by atomic mass is 10.2. The molecule has 2 aromatic heterocycles. The van der Waals surface area contributed by atoms with E-state index in [4.69, 9.17) is 16.0 Å². The summed E-state index contributed by atoms with van der Waals surface area (Å²) in [6.07, 6.45) is 1.51. The van der Waals surface area contributed by atoms with Crippen LogP contribution in [0.15, 0.2) is 62.8 Å². The molecule has 7 nitrogen and oxygen atoms in total. The maximum atomic E-state index is 12.4. The number of aromatic nitrogens is 2. The molecule has 0 aliphatic carbocycles. The molecule has 0 fully saturated rings. The molecule has 26 heavy (non-hydrogen) atoms. The van der Waals surface area contributed by atoms with Gasteiger partial charge in [0.05, 0.1) is 17.7 Å². The summed E-state index contributed by atoms with van der Waals surface area (Å²) >= 11 is 5.98. The fourth-order valence-electron chi connectivity index (χ4n) is 2.41. The molecule has 0 spiro atoms. The lowest BCUT2D eigenvalue weighted by molar-refractivity contribution is 0.539. The third-order valence-electron chi connectivity index (χ3n) is 3.76. The number of sulfonamides is 1. The highest BCUT2D eigenvalue weighted by Gasteiger charge is 2.17. The van der Waals surface area contributed by atoms with Gasteiger partial charge in [-0.3, -0.25) is 4.79 Å². The van der Waals surface area contributed by atoms with Crippen molar-refractivity contribution in [2.24, 2.45) is 0 Å². The SMILES string of the molecule is Cc1c(Cl)cccc1S(=O)(=O)NCCn1nc(-c2ccco2)ccc1=O. The highest BCUT2D eigenvalue weighted by atomic mass is 35.5. The van der Waals surface area contributed by atoms with Gasteiger partial charge >= 0.3 is 0 Å². The summed E-state index contributed by atoms with van der Waals surface area (Å²) in [5.74, 6) is 0.522. The summed E-state index contributed by atoms with van der Waals surface area (Å²) in [5, 5.41) is 4.57. The van der Waals surface area contributed by atoms with Crippen molar-refractivity contribution in [1.82, 2.24) is 14.5 Å². The number of hydrogen-bond acceptors (Lipinski definition) is 5. The molecular weight excluding hydrogens is 378 g/mol. The molecule has 0 aliphatic rings. The highest BCUT2D eigenvalue weighted by molar-refractivity contribution is 7.89. The number of benzene rings is 1. The van der Waals surface area contributed by atoms with Crippen LogP contribution in [0.3, 0.4) is 0 Å². The average Bonchev–Trinajstić information content (AvgIpc) is 3.13. The minimum absolute atomic E-state index is 0.00278. The third-order valence-corrected chi connectivity index (χ3v) is 5.78. The molecule has 0 saturated heterocycles. The van der Waals surface area contributed by atoms with Crippen molar-refractivity contribution < 1.29 is 12.8 Å². The van der Waals surface area contributed by atoms with Gasteiger partial charge in [0.2, 0.25) is 10.0 Å². The Morgan fingerprint density at radius 2 is 2.00 bits per heavy atom. The molecular formula is C17H16ClN3O4S. The molecule has 0 bridgehead atoms. The third kappa shape index (κ3) is 3.87. The highest BCUT2D eigenvalue weighted by Crippen LogP contribution is 2.22. The van der Waals surface area contributed by atoms with Gasteiger partial charge in [0.1, 0.15) is 5.69 Å². The van der Waals surface area contributed by atoms with Crippen LogP contribution in [0.1, 0.15) is 5.56 Å². The Morgan fingerprint density at radius 3 is 2.73 bits per heavy atom. The van der Waals surface area contributed by atoms with E-state index < -0.39 is 10.0 Å². The second-order valence-electron chi connectivity index (χ2n) is 5.52. The van der Waals surface area contributed by atoms with Gasteiger partial charge in [-0.2, -0.15) is 5.10 Å². The van der Waals surface area contributed by atoms with Gasteiger partial charge in [-0.15, -0.1) is 0 Å². The summed E-state index contributed by atoms with van der Waals surface area (Å²) in [6.45, 7) is 1.71. The topological polar surface area (TPSA) is 94.2 Å². The van der Waals surface area contributed by atoms with Crippen LogP contribution in [-0.2, 0) is 16.6 Å². The van der Waals surface area contributed by atoms with Gasteiger partial charge in [-0.05, 0) is 42.8 Å². The minimum Gasteiger partial charge on any atom is -0.463 e. The van der Waals surface area contributed by atoms with Crippen LogP contribution in [0, 0.1) is 6.92 Å². The zero-order valence-corrected chi connectivity index (χ0v) is 15.4. The fraction of sp³-hybridized carbons (Fsp3) is 0.176. The van der Waals surface area contributed by atoms with Gasteiger partial charge < -0.3 is 4.42 Å². The molecule has 0 amide bonds. The Morgan fingerprint density at radius 1 is 1.19 bits per heavy atom. The molecule has 0 aliphatic heterocycles. The first kappa shape index (κ1) is 18.4. The zero-order chi connectivity index (χ0) is 18.7. The molecule has 1 N–H and O–H groups in total. The van der Waals surface area contributed by atoms with Crippen molar-refractivity contribution >= 4 is 21.6 Å². The molecule has 3 rings (SSSR count). The van der Waals surface area contributed by atoms with Crippen LogP contribution in [-0.4, -0.2) is 24.7 Å². The first-order valence-electron chi connectivity index (χ1n) is 7.75. The summed E-state index contributed by atoms with van der Waals surface area (Å²) in [4.78, 5) is 12.0. The molecule has 2 heterocycles. The van der Waals surface area contributed by atoms with E-state index in [2.05, 4.69) is 9.82 Å². The van der Waals surface area contributed by atoms with Crippen molar-refractivity contribution in [3.05, 3.63) is 69.7 Å². The van der Waals surface area contributed by atoms with Gasteiger partial charge in [0, 0.05) is 17.6 Å². The Labute approximate surface area is 155 Å². The van der Waals surface area contributed by atoms with Crippen LogP contribution in [0.2, 0.25) is 5.02 Å². The number of nitrogens with zero attached hydrogens (tertiary/aromatic N) is 2. The molecule has 0 radical (unpaired) electrons. The van der Waals surface area contributed by atoms with E-state index in [1.807, 2.05) is 0 Å². The standard InChI is InChI=1S/C17H16ClN3O4S/c1-12-13(18)4-2-6-16(12)26(23,24)19-9-10-21-17(22)8-7-14(20-21)15-5-3-11-25-15/h2-8,11,19H,9-10H2,1H3. The number of rotatable bonds is 6. The summed E-state index contributed by atoms with van der Waals surface area (Å²) < 4.78 is 33.8. The minimum atomic E-state index is -3.75. The van der Waals surface area contributed by atoms with Crippen LogP contribution >= 0.6 is 11.6 Å². The van der Waals surface area contributed by atoms with Crippen LogP contribution < -0.4 is 10.3 Å². The van der Waals surface area contributed by atoms with Gasteiger partial charge in [-0.1, -0.05) is 17.7 Å². The summed E-state index contributed by atoms with van der Waals surface area (Å²) in [5.41, 5.74) is 0.623. The van der Waals surface area contributed by atoms with Crippen molar-refractivity contribution in [2.45, 2.75) is 18.4 Å². The van der Waals surface area contributed by atoms with E-state index in [9.17, 15) is 13.2 Å². The van der Waals surface area contributed by atoms with Gasteiger partial charge in [-0.25, -0.2) is 17.8 Å². The van der Waals surface area contributed by atoms with E-state index in [1.54, 1.807) is 37.3 Å². The summed E-state index contributed by atoms with van der Waals surface area (Å²) in [7, 11) is -3.75. The number of hydrogen-bond donors (Lipinski definition) is 1. The Kier molecular flexibility index (Phi) is 5.26. The maximum absolute atomic E-state index is 12.4. The fourth-order valence-corrected chi connectivity index (χ4v) is 3.92. The average molecular weight is 394 g/mol. The smallest absolute Gasteiger partial charge is 0.266 e. The Hall–Kier alpha value is -2.42. The molecule has 3 aromatic rings. The summed E-state index contributed by atoms with van der Waals surface area (Å²) in [6, 6.07) is 11.0. The Bertz CT molecular complexity index is 1080. The molecule has 0 unspecified atom stereocenters. The zero-order valence-electron chi connectivity index (χ0n) is 13.8. The van der Waals surface area contributed by atoms with Crippen molar-refractivity contribution in [3.8, 4) is 11.5 Å². The molecule has 0 saturated carbocycles. The number of nitrogens with one attached hydrogen (secondary N) is 1. The maximum Gasteiger partial charge on any atom is 0.266 e. The van der Waals surface area contributed by atoms with Gasteiger partial charge in [0.25, 0.3) is 5.56 Å². The van der Waals surface area contributed by atoms with Crippen LogP contribution in [0.4, 0.5) is 0 Å². The van der Waals surface area contributed by atoms with Gasteiger partial charge in [0.15, 0.2) is 5.76 Å². The van der Waals surface area contributed by atoms with E-state index >= 15 is 0 Å². The van der Waals surface area contributed by atoms with Crippen molar-refractivity contribution in [2.75, 3.05) is 6.54 Å². The van der Waals surface area contributed by atoms with E-state index in [-0.39, 0.29) is 23.5 Å². The lowest BCUT2D eigenvalue weighted by Gasteiger charge is -2.11. The first-order valence-corrected chi connectivity index (χ1v) is 9.61. The molecule has 136 valence electrons. The Balaban J connectivity index is 1.75. The second kappa shape index (κ2) is 7.45. The molecule has 9 heteroatoms. The molecule has 1 aromatic carbocycles. The number of furan rings is 1. The van der Waals surface area contributed by atoms with Crippen molar-refractivity contribution in [3.63, 3.8) is 0 Å². The predicted octanol–water partition coefficient (Wildman–Crippen LogP) is 2.44. The van der Waals surface area contributed by atoms with E-state index in [0.29, 0.717) is 22.0 Å². The molecule has 0 atom stereocenters. The second-order valence-corrected chi connectivity index (χ2v) is 7.66.